The van der Waals surface area contributed by atoms with Gasteiger partial charge in [0.25, 0.3) is 0 Å². The van der Waals surface area contributed by atoms with Gasteiger partial charge >= 0.3 is 0 Å². The summed E-state index contributed by atoms with van der Waals surface area (Å²) in [7, 11) is -3.38. The Morgan fingerprint density at radius 2 is 1.81 bits per heavy atom. The number of benzene rings is 1. The first kappa shape index (κ1) is 22.1. The number of nitrogens with two attached hydrogens (primary N) is 1. The Morgan fingerprint density at radius 3 is 2.44 bits per heavy atom. The summed E-state index contributed by atoms with van der Waals surface area (Å²) in [4.78, 5) is 22.4. The third-order valence-electron chi connectivity index (χ3n) is 5.29. The van der Waals surface area contributed by atoms with Gasteiger partial charge in [-0.05, 0) is 49.3 Å². The lowest BCUT2D eigenvalue weighted by molar-refractivity contribution is -0.120. The maximum atomic E-state index is 12.4. The van der Waals surface area contributed by atoms with Crippen LogP contribution in [0.15, 0.2) is 24.3 Å². The van der Waals surface area contributed by atoms with Gasteiger partial charge in [0.15, 0.2) is 0 Å². The number of rotatable bonds is 10. The molecule has 3 atom stereocenters. The minimum absolute atomic E-state index is 0.0871. The molecule has 27 heavy (non-hydrogen) atoms. The summed E-state index contributed by atoms with van der Waals surface area (Å²) in [5.41, 5.74) is 6.78. The molecule has 1 fully saturated rings. The maximum Gasteiger partial charge on any atom is 0.203 e. The summed E-state index contributed by atoms with van der Waals surface area (Å²) >= 11 is 0. The van der Waals surface area contributed by atoms with E-state index in [1.54, 1.807) is 24.3 Å². The topological polar surface area (TPSA) is 121 Å². The molecule has 1 aliphatic carbocycles. The first-order valence-corrected chi connectivity index (χ1v) is 11.8. The number of Topliss-reactive ketones (excluding diaryl/α,β-unsaturated/α-hetero) is 1. The number of hydrogen-bond acceptors (Lipinski definition) is 5. The average Bonchev–Trinajstić information content (AvgIpc) is 2.61. The highest BCUT2D eigenvalue weighted by Crippen LogP contribution is 2.46. The normalized spacial score (nSPS) is 20.0. The van der Waals surface area contributed by atoms with Crippen molar-refractivity contribution in [1.29, 1.82) is 0 Å². The molecule has 6 nitrogen and oxygen atoms in total. The van der Waals surface area contributed by atoms with Crippen molar-refractivity contribution >= 4 is 13.2 Å². The quantitative estimate of drug-likeness (QED) is 0.451. The maximum absolute atomic E-state index is 12.4. The number of carbonyl (C=O) groups excluding carboxylic acids is 1. The van der Waals surface area contributed by atoms with Crippen molar-refractivity contribution in [2.24, 2.45) is 11.7 Å². The van der Waals surface area contributed by atoms with Gasteiger partial charge in [0.1, 0.15) is 11.5 Å². The van der Waals surface area contributed by atoms with E-state index in [4.69, 9.17) is 5.73 Å². The third-order valence-corrected chi connectivity index (χ3v) is 7.37. The van der Waals surface area contributed by atoms with Gasteiger partial charge in [0.05, 0.1) is 18.3 Å². The highest BCUT2D eigenvalue weighted by atomic mass is 31.2. The van der Waals surface area contributed by atoms with Gasteiger partial charge in [-0.1, -0.05) is 31.4 Å². The van der Waals surface area contributed by atoms with E-state index < -0.39 is 19.5 Å². The van der Waals surface area contributed by atoms with Gasteiger partial charge in [-0.3, -0.25) is 9.36 Å². The fraction of sp³-hybridized carbons (Fsp3) is 0.650. The average molecular weight is 397 g/mol. The number of carbonyl (C=O) groups is 1. The molecule has 1 aromatic rings. The molecule has 5 N–H and O–H groups in total. The van der Waals surface area contributed by atoms with Crippen LogP contribution in [0.2, 0.25) is 0 Å². The zero-order valence-corrected chi connectivity index (χ0v) is 16.7. The van der Waals surface area contributed by atoms with E-state index in [-0.39, 0.29) is 42.6 Å². The summed E-state index contributed by atoms with van der Waals surface area (Å²) < 4.78 is 12.4. The van der Waals surface area contributed by atoms with Crippen LogP contribution in [0.25, 0.3) is 0 Å². The van der Waals surface area contributed by atoms with Crippen molar-refractivity contribution in [2.75, 3.05) is 12.3 Å². The number of aliphatic hydroxyl groups is 1. The van der Waals surface area contributed by atoms with E-state index in [0.29, 0.717) is 6.42 Å². The number of aliphatic hydroxyl groups excluding tert-OH is 1. The Labute approximate surface area is 161 Å². The Morgan fingerprint density at radius 1 is 1.19 bits per heavy atom. The predicted octanol–water partition coefficient (Wildman–Crippen LogP) is 2.82. The van der Waals surface area contributed by atoms with E-state index in [1.165, 1.54) is 6.42 Å². The smallest absolute Gasteiger partial charge is 0.203 e. The molecule has 0 bridgehead atoms. The summed E-state index contributed by atoms with van der Waals surface area (Å²) in [5.74, 6) is 0.257. The fourth-order valence-electron chi connectivity index (χ4n) is 3.76. The lowest BCUT2D eigenvalue weighted by atomic mass is 9.91. The van der Waals surface area contributed by atoms with Crippen molar-refractivity contribution < 1.29 is 24.5 Å². The molecular weight excluding hydrogens is 365 g/mol. The van der Waals surface area contributed by atoms with Crippen LogP contribution in [0.5, 0.6) is 5.75 Å². The number of phenols is 1. The lowest BCUT2D eigenvalue weighted by Crippen LogP contribution is -2.33. The minimum atomic E-state index is -3.38. The summed E-state index contributed by atoms with van der Waals surface area (Å²) in [6.45, 7) is 0. The summed E-state index contributed by atoms with van der Waals surface area (Å²) in [6, 6.07) is 5.82. The summed E-state index contributed by atoms with van der Waals surface area (Å²) in [5, 5.41) is 19.4. The molecule has 0 saturated heterocycles. The van der Waals surface area contributed by atoms with Crippen molar-refractivity contribution in [2.45, 2.75) is 63.5 Å². The first-order valence-electron chi connectivity index (χ1n) is 9.80. The number of hydrogen-bond donors (Lipinski definition) is 4. The van der Waals surface area contributed by atoms with Crippen LogP contribution in [0.1, 0.15) is 50.5 Å². The van der Waals surface area contributed by atoms with Gasteiger partial charge in [-0.15, -0.1) is 0 Å². The fourth-order valence-corrected chi connectivity index (χ4v) is 5.92. The molecule has 0 amide bonds. The van der Waals surface area contributed by atoms with Crippen LogP contribution in [0.4, 0.5) is 0 Å². The zero-order valence-electron chi connectivity index (χ0n) is 15.8. The van der Waals surface area contributed by atoms with Crippen molar-refractivity contribution in [3.05, 3.63) is 29.8 Å². The molecule has 152 valence electrons. The largest absolute Gasteiger partial charge is 0.508 e. The Hall–Kier alpha value is -1.20. The highest BCUT2D eigenvalue weighted by Gasteiger charge is 2.28. The first-order chi connectivity index (χ1) is 12.7. The number of aromatic hydroxyl groups is 1. The SMILES string of the molecule is N[C@@H](Cc1ccc(O)cc1)C(=O)CC[C@@H](O)CP(=O)(O)CC1CCCCC1. The van der Waals surface area contributed by atoms with Crippen molar-refractivity contribution in [3.8, 4) is 5.75 Å². The predicted molar refractivity (Wildman–Crippen MR) is 106 cm³/mol. The van der Waals surface area contributed by atoms with Crippen LogP contribution < -0.4 is 5.73 Å². The van der Waals surface area contributed by atoms with Crippen LogP contribution in [-0.4, -0.2) is 45.4 Å². The second-order valence-electron chi connectivity index (χ2n) is 7.85. The van der Waals surface area contributed by atoms with Gasteiger partial charge in [-0.25, -0.2) is 0 Å². The van der Waals surface area contributed by atoms with E-state index in [0.717, 1.165) is 31.2 Å². The Bertz CT molecular complexity index is 642. The van der Waals surface area contributed by atoms with Gasteiger partial charge < -0.3 is 20.8 Å². The van der Waals surface area contributed by atoms with E-state index >= 15 is 0 Å². The molecule has 1 aliphatic rings. The van der Waals surface area contributed by atoms with E-state index in [9.17, 15) is 24.5 Å². The van der Waals surface area contributed by atoms with E-state index in [2.05, 4.69) is 0 Å². The van der Waals surface area contributed by atoms with Gasteiger partial charge in [0, 0.05) is 12.6 Å². The molecular formula is C20H32NO5P. The second kappa shape index (κ2) is 10.4. The molecule has 1 aromatic carbocycles. The third kappa shape index (κ3) is 8.14. The molecule has 0 spiro atoms. The second-order valence-corrected chi connectivity index (χ2v) is 10.3. The lowest BCUT2D eigenvalue weighted by Gasteiger charge is -2.25. The number of phenolic OH excluding ortho intramolecular Hbond substituents is 1. The van der Waals surface area contributed by atoms with Gasteiger partial charge in [-0.2, -0.15) is 0 Å². The summed E-state index contributed by atoms with van der Waals surface area (Å²) in [6.07, 6.45) is 5.16. The molecule has 0 aliphatic heterocycles. The number of ketones is 1. The van der Waals surface area contributed by atoms with Crippen LogP contribution in [0.3, 0.4) is 0 Å². The van der Waals surface area contributed by atoms with E-state index in [1.807, 2.05) is 0 Å². The standard InChI is InChI=1S/C20H32NO5P/c21-19(12-15-6-8-17(22)9-7-15)20(24)11-10-18(23)14-27(25,26)13-16-4-2-1-3-5-16/h6-9,16,18-19,22-23H,1-5,10-14,21H2,(H,25,26)/t18-,19+/m1/s1. The molecule has 2 rings (SSSR count). The molecule has 0 aromatic heterocycles. The molecule has 0 heterocycles. The van der Waals surface area contributed by atoms with Crippen LogP contribution in [-0.2, 0) is 15.8 Å². The molecule has 7 heteroatoms. The Balaban J connectivity index is 1.72. The Kier molecular flexibility index (Phi) is 8.49. The zero-order chi connectivity index (χ0) is 19.9. The molecule has 0 radical (unpaired) electrons. The minimum Gasteiger partial charge on any atom is -0.508 e. The monoisotopic (exact) mass is 397 g/mol. The van der Waals surface area contributed by atoms with Crippen LogP contribution >= 0.6 is 7.37 Å². The molecule has 1 saturated carbocycles. The van der Waals surface area contributed by atoms with Crippen molar-refractivity contribution in [3.63, 3.8) is 0 Å². The van der Waals surface area contributed by atoms with Gasteiger partial charge in [0.2, 0.25) is 7.37 Å². The van der Waals surface area contributed by atoms with Crippen molar-refractivity contribution in [1.82, 2.24) is 0 Å². The molecule has 1 unspecified atom stereocenters. The van der Waals surface area contributed by atoms with Crippen LogP contribution in [0, 0.1) is 5.92 Å². The highest BCUT2D eigenvalue weighted by molar-refractivity contribution is 7.58.